The molecular formula is C17H18Cl2N2O3. The Morgan fingerprint density at radius 2 is 2.21 bits per heavy atom. The third-order valence-electron chi connectivity index (χ3n) is 4.06. The monoisotopic (exact) mass is 368 g/mol. The van der Waals surface area contributed by atoms with Crippen LogP contribution in [-0.4, -0.2) is 25.2 Å². The number of benzene rings is 1. The second-order valence-corrected chi connectivity index (χ2v) is 5.74. The number of pyridine rings is 1. The van der Waals surface area contributed by atoms with E-state index in [0.29, 0.717) is 16.3 Å². The van der Waals surface area contributed by atoms with Gasteiger partial charge in [-0.3, -0.25) is 4.98 Å². The highest BCUT2D eigenvalue weighted by molar-refractivity contribution is 6.35. The topological polar surface area (TPSA) is 60.5 Å². The first kappa shape index (κ1) is 18.5. The molecule has 0 spiro atoms. The lowest BCUT2D eigenvalue weighted by molar-refractivity contribution is -0.134. The van der Waals surface area contributed by atoms with Crippen molar-refractivity contribution in [2.24, 2.45) is 0 Å². The van der Waals surface area contributed by atoms with Gasteiger partial charge < -0.3 is 14.8 Å². The van der Waals surface area contributed by atoms with Crippen molar-refractivity contribution in [3.05, 3.63) is 40.1 Å². The standard InChI is InChI=1S/C17H17ClN2O3.ClH/c1-9-15-10(7-19-9)8-20-17-11(4-5-14(21)23-3)16(18)13(22-2)6-12(15)17;/h4-6,8-9,19H,7H2,1-3H3;1H/b5-4+;/t9-;/m0./s1. The molecule has 0 amide bonds. The number of hydrogen-bond acceptors (Lipinski definition) is 5. The highest BCUT2D eigenvalue weighted by Gasteiger charge is 2.23. The van der Waals surface area contributed by atoms with Gasteiger partial charge in [-0.2, -0.15) is 0 Å². The van der Waals surface area contributed by atoms with Gasteiger partial charge in [-0.25, -0.2) is 4.79 Å². The predicted molar refractivity (Wildman–Crippen MR) is 96.9 cm³/mol. The van der Waals surface area contributed by atoms with Crippen LogP contribution in [0.1, 0.15) is 29.7 Å². The molecule has 7 heteroatoms. The number of fused-ring (bicyclic) bond motifs is 3. The van der Waals surface area contributed by atoms with E-state index in [-0.39, 0.29) is 18.4 Å². The summed E-state index contributed by atoms with van der Waals surface area (Å²) in [5.41, 5.74) is 3.74. The number of aromatic nitrogens is 1. The van der Waals surface area contributed by atoms with E-state index in [0.717, 1.165) is 23.0 Å². The second-order valence-electron chi connectivity index (χ2n) is 5.36. The Labute approximate surface area is 151 Å². The number of carbonyl (C=O) groups is 1. The van der Waals surface area contributed by atoms with Gasteiger partial charge in [-0.1, -0.05) is 11.6 Å². The van der Waals surface area contributed by atoms with Crippen LogP contribution in [0.3, 0.4) is 0 Å². The van der Waals surface area contributed by atoms with E-state index in [9.17, 15) is 4.79 Å². The second kappa shape index (κ2) is 7.38. The zero-order chi connectivity index (χ0) is 16.6. The van der Waals surface area contributed by atoms with Crippen LogP contribution in [0.4, 0.5) is 0 Å². The molecule has 1 N–H and O–H groups in total. The van der Waals surface area contributed by atoms with Crippen LogP contribution in [0.2, 0.25) is 5.02 Å². The Bertz CT molecular complexity index is 821. The lowest BCUT2D eigenvalue weighted by Crippen LogP contribution is -2.07. The van der Waals surface area contributed by atoms with Crippen molar-refractivity contribution in [3.63, 3.8) is 0 Å². The molecule has 1 aliphatic rings. The fraction of sp³-hybridized carbons (Fsp3) is 0.294. The quantitative estimate of drug-likeness (QED) is 0.661. The van der Waals surface area contributed by atoms with E-state index in [1.807, 2.05) is 12.3 Å². The molecule has 3 rings (SSSR count). The maximum Gasteiger partial charge on any atom is 0.330 e. The van der Waals surface area contributed by atoms with E-state index in [1.165, 1.54) is 18.7 Å². The number of hydrogen-bond donors (Lipinski definition) is 1. The van der Waals surface area contributed by atoms with E-state index in [4.69, 9.17) is 16.3 Å². The van der Waals surface area contributed by atoms with E-state index >= 15 is 0 Å². The summed E-state index contributed by atoms with van der Waals surface area (Å²) in [6.45, 7) is 2.90. The Kier molecular flexibility index (Phi) is 5.70. The zero-order valence-electron chi connectivity index (χ0n) is 13.6. The Morgan fingerprint density at radius 3 is 2.88 bits per heavy atom. The van der Waals surface area contributed by atoms with Crippen molar-refractivity contribution in [3.8, 4) is 5.75 Å². The molecule has 0 saturated heterocycles. The van der Waals surface area contributed by atoms with Crippen LogP contribution >= 0.6 is 24.0 Å². The molecular weight excluding hydrogens is 351 g/mol. The summed E-state index contributed by atoms with van der Waals surface area (Å²) in [6.07, 6.45) is 4.80. The average Bonchev–Trinajstić information content (AvgIpc) is 2.94. The van der Waals surface area contributed by atoms with Gasteiger partial charge in [0.1, 0.15) is 5.75 Å². The summed E-state index contributed by atoms with van der Waals surface area (Å²) < 4.78 is 10.0. The molecule has 1 aliphatic heterocycles. The van der Waals surface area contributed by atoms with Crippen LogP contribution in [0.5, 0.6) is 5.75 Å². The number of halogens is 2. The van der Waals surface area contributed by atoms with Gasteiger partial charge in [0.15, 0.2) is 0 Å². The minimum atomic E-state index is -0.451. The van der Waals surface area contributed by atoms with Gasteiger partial charge >= 0.3 is 5.97 Å². The van der Waals surface area contributed by atoms with Crippen LogP contribution in [0, 0.1) is 0 Å². The predicted octanol–water partition coefficient (Wildman–Crippen LogP) is 3.67. The average molecular weight is 369 g/mol. The minimum absolute atomic E-state index is 0. The van der Waals surface area contributed by atoms with Gasteiger partial charge in [0.05, 0.1) is 24.8 Å². The first-order valence-electron chi connectivity index (χ1n) is 7.24. The molecule has 5 nitrogen and oxygen atoms in total. The molecule has 2 heterocycles. The van der Waals surface area contributed by atoms with Gasteiger partial charge in [0, 0.05) is 35.8 Å². The molecule has 0 fully saturated rings. The fourth-order valence-electron chi connectivity index (χ4n) is 2.91. The largest absolute Gasteiger partial charge is 0.495 e. The first-order chi connectivity index (χ1) is 11.1. The van der Waals surface area contributed by atoms with Gasteiger partial charge in [-0.05, 0) is 30.2 Å². The molecule has 0 bridgehead atoms. The molecule has 24 heavy (non-hydrogen) atoms. The highest BCUT2D eigenvalue weighted by atomic mass is 35.5. The summed E-state index contributed by atoms with van der Waals surface area (Å²) in [5, 5.41) is 4.80. The van der Waals surface area contributed by atoms with E-state index < -0.39 is 5.97 Å². The SMILES string of the molecule is COC(=O)/C=C/c1c(Cl)c(OC)cc2c3c(cnc12)CN[C@H]3C.Cl. The van der Waals surface area contributed by atoms with Gasteiger partial charge in [-0.15, -0.1) is 12.4 Å². The molecule has 128 valence electrons. The smallest absolute Gasteiger partial charge is 0.330 e. The number of nitrogens with one attached hydrogen (secondary N) is 1. The number of carbonyl (C=O) groups excluding carboxylic acids is 1. The number of methoxy groups -OCH3 is 2. The minimum Gasteiger partial charge on any atom is -0.495 e. The fourth-order valence-corrected chi connectivity index (χ4v) is 3.20. The van der Waals surface area contributed by atoms with Crippen LogP contribution in [0.25, 0.3) is 17.0 Å². The normalized spacial score (nSPS) is 16.1. The Hall–Kier alpha value is -1.82. The third-order valence-corrected chi connectivity index (χ3v) is 4.45. The third kappa shape index (κ3) is 3.07. The lowest BCUT2D eigenvalue weighted by Gasteiger charge is -2.14. The molecule has 1 aromatic carbocycles. The summed E-state index contributed by atoms with van der Waals surface area (Å²) in [6, 6.07) is 2.13. The Balaban J connectivity index is 0.00000208. The van der Waals surface area contributed by atoms with Crippen molar-refractivity contribution in [1.29, 1.82) is 0 Å². The lowest BCUT2D eigenvalue weighted by atomic mass is 9.98. The molecule has 1 aromatic heterocycles. The van der Waals surface area contributed by atoms with Crippen molar-refractivity contribution >= 4 is 47.0 Å². The number of rotatable bonds is 3. The summed E-state index contributed by atoms with van der Waals surface area (Å²) >= 11 is 6.42. The number of esters is 1. The van der Waals surface area contributed by atoms with Crippen molar-refractivity contribution in [1.82, 2.24) is 10.3 Å². The van der Waals surface area contributed by atoms with Crippen LogP contribution in [0.15, 0.2) is 18.3 Å². The van der Waals surface area contributed by atoms with Crippen molar-refractivity contribution < 1.29 is 14.3 Å². The van der Waals surface area contributed by atoms with Gasteiger partial charge in [0.25, 0.3) is 0 Å². The molecule has 1 atom stereocenters. The molecule has 0 saturated carbocycles. The maximum absolute atomic E-state index is 11.4. The molecule has 0 unspecified atom stereocenters. The van der Waals surface area contributed by atoms with Crippen molar-refractivity contribution in [2.75, 3.05) is 14.2 Å². The maximum atomic E-state index is 11.4. The molecule has 0 radical (unpaired) electrons. The summed E-state index contributed by atoms with van der Waals surface area (Å²) in [5.74, 6) is 0.103. The molecule has 2 aromatic rings. The Morgan fingerprint density at radius 1 is 1.46 bits per heavy atom. The first-order valence-corrected chi connectivity index (χ1v) is 7.62. The zero-order valence-corrected chi connectivity index (χ0v) is 15.1. The van der Waals surface area contributed by atoms with E-state index in [1.54, 1.807) is 13.2 Å². The molecule has 0 aliphatic carbocycles. The highest BCUT2D eigenvalue weighted by Crippen LogP contribution is 2.40. The van der Waals surface area contributed by atoms with Crippen molar-refractivity contribution in [2.45, 2.75) is 19.5 Å². The number of ether oxygens (including phenoxy) is 2. The van der Waals surface area contributed by atoms with Crippen LogP contribution < -0.4 is 10.1 Å². The number of nitrogens with zero attached hydrogens (tertiary/aromatic N) is 1. The van der Waals surface area contributed by atoms with Crippen LogP contribution in [-0.2, 0) is 16.1 Å². The summed E-state index contributed by atoms with van der Waals surface area (Å²) in [4.78, 5) is 16.0. The van der Waals surface area contributed by atoms with Gasteiger partial charge in [0.2, 0.25) is 0 Å². The summed E-state index contributed by atoms with van der Waals surface area (Å²) in [7, 11) is 2.90. The van der Waals surface area contributed by atoms with E-state index in [2.05, 4.69) is 22.0 Å².